The zero-order valence-electron chi connectivity index (χ0n) is 22.6. The Bertz CT molecular complexity index is 1420. The third-order valence-corrected chi connectivity index (χ3v) is 8.88. The SMILES string of the molecule is CCCCNC(=O)[C@@H](C)N(Cc1cccc(OC)c1)C(=O)CN(c1cccc(Cl)c1Cl)S(=O)(=O)c1ccccc1. The normalized spacial score (nSPS) is 11.9. The summed E-state index contributed by atoms with van der Waals surface area (Å²) in [5, 5.41) is 2.98. The third kappa shape index (κ3) is 7.68. The first-order chi connectivity index (χ1) is 19.1. The second kappa shape index (κ2) is 14.4. The monoisotopic (exact) mass is 605 g/mol. The smallest absolute Gasteiger partial charge is 0.264 e. The number of hydrogen-bond donors (Lipinski definition) is 1. The van der Waals surface area contributed by atoms with Gasteiger partial charge in [-0.1, -0.05) is 72.9 Å². The maximum absolute atomic E-state index is 14.0. The molecule has 0 spiro atoms. The Hall–Kier alpha value is -3.27. The molecule has 0 aromatic heterocycles. The number of nitrogens with zero attached hydrogens (tertiary/aromatic N) is 2. The minimum absolute atomic E-state index is 0.0128. The van der Waals surface area contributed by atoms with Crippen LogP contribution in [0.4, 0.5) is 5.69 Å². The lowest BCUT2D eigenvalue weighted by molar-refractivity contribution is -0.139. The minimum Gasteiger partial charge on any atom is -0.497 e. The van der Waals surface area contributed by atoms with E-state index in [9.17, 15) is 18.0 Å². The van der Waals surface area contributed by atoms with Gasteiger partial charge in [-0.25, -0.2) is 8.42 Å². The van der Waals surface area contributed by atoms with Crippen LogP contribution in [0.1, 0.15) is 32.3 Å². The molecule has 0 radical (unpaired) electrons. The van der Waals surface area contributed by atoms with Crippen LogP contribution in [0, 0.1) is 0 Å². The molecular weight excluding hydrogens is 573 g/mol. The quantitative estimate of drug-likeness (QED) is 0.258. The molecule has 3 rings (SSSR count). The highest BCUT2D eigenvalue weighted by molar-refractivity contribution is 7.92. The molecule has 1 atom stereocenters. The van der Waals surface area contributed by atoms with Crippen LogP contribution in [-0.2, 0) is 26.2 Å². The van der Waals surface area contributed by atoms with Crippen LogP contribution >= 0.6 is 23.2 Å². The summed E-state index contributed by atoms with van der Waals surface area (Å²) < 4.78 is 33.9. The van der Waals surface area contributed by atoms with Gasteiger partial charge in [0.1, 0.15) is 18.3 Å². The second-order valence-electron chi connectivity index (χ2n) is 9.09. The van der Waals surface area contributed by atoms with Gasteiger partial charge in [0.2, 0.25) is 11.8 Å². The number of nitrogens with one attached hydrogen (secondary N) is 1. The van der Waals surface area contributed by atoms with E-state index in [2.05, 4.69) is 5.32 Å². The molecule has 40 heavy (non-hydrogen) atoms. The number of amides is 2. The van der Waals surface area contributed by atoms with Gasteiger partial charge in [0.25, 0.3) is 10.0 Å². The zero-order chi connectivity index (χ0) is 29.3. The number of unbranched alkanes of at least 4 members (excludes halogenated alkanes) is 1. The lowest BCUT2D eigenvalue weighted by Crippen LogP contribution is -2.51. The molecule has 1 N–H and O–H groups in total. The van der Waals surface area contributed by atoms with E-state index in [-0.39, 0.29) is 33.1 Å². The van der Waals surface area contributed by atoms with Crippen LogP contribution in [-0.4, -0.2) is 51.4 Å². The minimum atomic E-state index is -4.25. The molecule has 0 saturated heterocycles. The Morgan fingerprint density at radius 1 is 1.00 bits per heavy atom. The maximum Gasteiger partial charge on any atom is 0.264 e. The Morgan fingerprint density at radius 2 is 1.70 bits per heavy atom. The molecule has 214 valence electrons. The second-order valence-corrected chi connectivity index (χ2v) is 11.7. The van der Waals surface area contributed by atoms with E-state index in [0.717, 1.165) is 17.1 Å². The van der Waals surface area contributed by atoms with Crippen LogP contribution in [0.3, 0.4) is 0 Å². The summed E-state index contributed by atoms with van der Waals surface area (Å²) in [4.78, 5) is 28.3. The highest BCUT2D eigenvalue weighted by Gasteiger charge is 2.33. The summed E-state index contributed by atoms with van der Waals surface area (Å²) in [6, 6.07) is 18.5. The number of carbonyl (C=O) groups is 2. The molecule has 0 fully saturated rings. The fraction of sp³-hybridized carbons (Fsp3) is 0.310. The molecule has 3 aromatic carbocycles. The van der Waals surface area contributed by atoms with Crippen molar-refractivity contribution in [2.24, 2.45) is 0 Å². The van der Waals surface area contributed by atoms with E-state index in [1.54, 1.807) is 55.5 Å². The Labute approximate surface area is 245 Å². The van der Waals surface area contributed by atoms with Gasteiger partial charge in [-0.05, 0) is 55.3 Å². The van der Waals surface area contributed by atoms with Crippen molar-refractivity contribution in [1.29, 1.82) is 0 Å². The molecule has 11 heteroatoms. The van der Waals surface area contributed by atoms with E-state index in [1.165, 1.54) is 36.3 Å². The standard InChI is InChI=1S/C29H33Cl2N3O5S/c1-4-5-17-32-29(36)21(2)33(19-22-11-9-12-23(18-22)39-3)27(35)20-34(26-16-10-15-25(30)28(26)31)40(37,38)24-13-7-6-8-14-24/h6-16,18,21H,4-5,17,19-20H2,1-3H3,(H,32,36)/t21-/m1/s1. The van der Waals surface area contributed by atoms with Gasteiger partial charge in [0.05, 0.1) is 27.7 Å². The van der Waals surface area contributed by atoms with Gasteiger partial charge in [0.15, 0.2) is 0 Å². The van der Waals surface area contributed by atoms with E-state index in [4.69, 9.17) is 27.9 Å². The van der Waals surface area contributed by atoms with E-state index >= 15 is 0 Å². The molecular formula is C29H33Cl2N3O5S. The van der Waals surface area contributed by atoms with Crippen molar-refractivity contribution < 1.29 is 22.7 Å². The van der Waals surface area contributed by atoms with Crippen LogP contribution in [0.5, 0.6) is 5.75 Å². The van der Waals surface area contributed by atoms with E-state index in [1.807, 2.05) is 6.92 Å². The largest absolute Gasteiger partial charge is 0.497 e. The van der Waals surface area contributed by atoms with Crippen molar-refractivity contribution in [2.45, 2.75) is 44.2 Å². The van der Waals surface area contributed by atoms with Gasteiger partial charge in [-0.15, -0.1) is 0 Å². The van der Waals surface area contributed by atoms with E-state index < -0.39 is 28.5 Å². The van der Waals surface area contributed by atoms with Gasteiger partial charge < -0.3 is 15.0 Å². The first-order valence-electron chi connectivity index (χ1n) is 12.8. The summed E-state index contributed by atoms with van der Waals surface area (Å²) in [5.74, 6) is -0.358. The third-order valence-electron chi connectivity index (χ3n) is 6.29. The lowest BCUT2D eigenvalue weighted by Gasteiger charge is -2.32. The molecule has 0 aliphatic heterocycles. The fourth-order valence-electron chi connectivity index (χ4n) is 4.00. The number of anilines is 1. The fourth-order valence-corrected chi connectivity index (χ4v) is 5.90. The summed E-state index contributed by atoms with van der Waals surface area (Å²) >= 11 is 12.7. The molecule has 3 aromatic rings. The van der Waals surface area contributed by atoms with Crippen molar-refractivity contribution in [3.8, 4) is 5.75 Å². The van der Waals surface area contributed by atoms with Gasteiger partial charge in [-0.3, -0.25) is 13.9 Å². The van der Waals surface area contributed by atoms with Crippen molar-refractivity contribution in [3.63, 3.8) is 0 Å². The number of rotatable bonds is 13. The van der Waals surface area contributed by atoms with Crippen LogP contribution in [0.15, 0.2) is 77.7 Å². The molecule has 0 bridgehead atoms. The van der Waals surface area contributed by atoms with Crippen molar-refractivity contribution in [1.82, 2.24) is 10.2 Å². The lowest BCUT2D eigenvalue weighted by atomic mass is 10.1. The number of hydrogen-bond acceptors (Lipinski definition) is 5. The van der Waals surface area contributed by atoms with Gasteiger partial charge in [-0.2, -0.15) is 0 Å². The first-order valence-corrected chi connectivity index (χ1v) is 15.0. The van der Waals surface area contributed by atoms with E-state index in [0.29, 0.717) is 17.9 Å². The topological polar surface area (TPSA) is 96.0 Å². The number of benzene rings is 3. The summed E-state index contributed by atoms with van der Waals surface area (Å²) in [7, 11) is -2.71. The van der Waals surface area contributed by atoms with Crippen LogP contribution in [0.25, 0.3) is 0 Å². The van der Waals surface area contributed by atoms with Crippen LogP contribution in [0.2, 0.25) is 10.0 Å². The van der Waals surface area contributed by atoms with Gasteiger partial charge in [0, 0.05) is 13.1 Å². The average molecular weight is 607 g/mol. The summed E-state index contributed by atoms with van der Waals surface area (Å²) in [6.45, 7) is 3.51. The van der Waals surface area contributed by atoms with Crippen molar-refractivity contribution >= 4 is 50.7 Å². The molecule has 0 aliphatic carbocycles. The highest BCUT2D eigenvalue weighted by Crippen LogP contribution is 2.35. The van der Waals surface area contributed by atoms with Gasteiger partial charge >= 0.3 is 0 Å². The molecule has 0 heterocycles. The molecule has 0 saturated carbocycles. The maximum atomic E-state index is 14.0. The number of halogens is 2. The predicted molar refractivity (Wildman–Crippen MR) is 158 cm³/mol. The molecule has 0 unspecified atom stereocenters. The van der Waals surface area contributed by atoms with Crippen molar-refractivity contribution in [2.75, 3.05) is 24.5 Å². The zero-order valence-corrected chi connectivity index (χ0v) is 25.0. The first kappa shape index (κ1) is 31.3. The Balaban J connectivity index is 2.04. The van der Waals surface area contributed by atoms with Crippen molar-refractivity contribution in [3.05, 3.63) is 88.4 Å². The molecule has 8 nitrogen and oxygen atoms in total. The number of ether oxygens (including phenoxy) is 1. The Kier molecular flexibility index (Phi) is 11.2. The highest BCUT2D eigenvalue weighted by atomic mass is 35.5. The number of sulfonamides is 1. The number of carbonyl (C=O) groups excluding carboxylic acids is 2. The average Bonchev–Trinajstić information content (AvgIpc) is 2.96. The number of methoxy groups -OCH3 is 1. The predicted octanol–water partition coefficient (Wildman–Crippen LogP) is 5.53. The summed E-state index contributed by atoms with van der Waals surface area (Å²) in [6.07, 6.45) is 1.69. The summed E-state index contributed by atoms with van der Waals surface area (Å²) in [5.41, 5.74) is 0.756. The molecule has 2 amide bonds. The molecule has 0 aliphatic rings. The Morgan fingerprint density at radius 3 is 2.38 bits per heavy atom. The van der Waals surface area contributed by atoms with Crippen LogP contribution < -0.4 is 14.4 Å².